The smallest absolute Gasteiger partial charge is 0.211 e. The maximum atomic E-state index is 14.3. The molecule has 0 unspecified atom stereocenters. The molecule has 1 saturated heterocycles. The van der Waals surface area contributed by atoms with Gasteiger partial charge in [0.2, 0.25) is 6.41 Å². The Labute approximate surface area is 155 Å². The maximum absolute atomic E-state index is 14.3. The zero-order valence-corrected chi connectivity index (χ0v) is 15.0. The summed E-state index contributed by atoms with van der Waals surface area (Å²) in [6, 6.07) is 2.64. The van der Waals surface area contributed by atoms with Crippen LogP contribution in [0.25, 0.3) is 0 Å². The zero-order chi connectivity index (χ0) is 18.4. The normalized spacial score (nSPS) is 21.8. The van der Waals surface area contributed by atoms with Crippen molar-refractivity contribution in [3.05, 3.63) is 63.7 Å². The van der Waals surface area contributed by atoms with Crippen LogP contribution in [0.2, 0.25) is 5.02 Å². The van der Waals surface area contributed by atoms with E-state index >= 15 is 0 Å². The molecule has 2 N–H and O–H groups in total. The van der Waals surface area contributed by atoms with Gasteiger partial charge in [0.15, 0.2) is 0 Å². The van der Waals surface area contributed by atoms with Crippen LogP contribution in [0.5, 0.6) is 0 Å². The van der Waals surface area contributed by atoms with Gasteiger partial charge >= 0.3 is 0 Å². The van der Waals surface area contributed by atoms with E-state index in [1.54, 1.807) is 19.1 Å². The SMILES string of the molecule is C\C=C/C=C(Cl)\C(F)=C\[C@H]1CNC[C@H]1c1cc(F)c(Cl)cc1NC=O. The average Bonchev–Trinajstić information content (AvgIpc) is 3.03. The third kappa shape index (κ3) is 4.91. The lowest BCUT2D eigenvalue weighted by atomic mass is 9.87. The van der Waals surface area contributed by atoms with Gasteiger partial charge < -0.3 is 10.6 Å². The number of benzene rings is 1. The first-order valence-corrected chi connectivity index (χ1v) is 8.49. The van der Waals surface area contributed by atoms with E-state index in [2.05, 4.69) is 10.6 Å². The molecule has 7 heteroatoms. The van der Waals surface area contributed by atoms with Gasteiger partial charge in [-0.1, -0.05) is 35.4 Å². The molecule has 0 aliphatic carbocycles. The predicted molar refractivity (Wildman–Crippen MR) is 98.1 cm³/mol. The summed E-state index contributed by atoms with van der Waals surface area (Å²) in [5.41, 5.74) is 0.964. The minimum atomic E-state index is -0.589. The van der Waals surface area contributed by atoms with Crippen LogP contribution >= 0.6 is 23.2 Å². The predicted octanol–water partition coefficient (Wildman–Crippen LogP) is 4.90. The van der Waals surface area contributed by atoms with Crippen molar-refractivity contribution in [3.8, 4) is 0 Å². The van der Waals surface area contributed by atoms with Gasteiger partial charge in [0, 0.05) is 30.6 Å². The summed E-state index contributed by atoms with van der Waals surface area (Å²) in [5.74, 6) is -1.61. The Hall–Kier alpha value is -1.69. The Kier molecular flexibility index (Phi) is 7.17. The molecular weight excluding hydrogens is 369 g/mol. The first-order chi connectivity index (χ1) is 12.0. The van der Waals surface area contributed by atoms with Gasteiger partial charge in [-0.15, -0.1) is 0 Å². The van der Waals surface area contributed by atoms with Crippen LogP contribution in [-0.4, -0.2) is 19.5 Å². The first kappa shape index (κ1) is 19.6. The van der Waals surface area contributed by atoms with Crippen molar-refractivity contribution in [3.63, 3.8) is 0 Å². The summed E-state index contributed by atoms with van der Waals surface area (Å²) >= 11 is 11.7. The van der Waals surface area contributed by atoms with E-state index in [0.29, 0.717) is 30.8 Å². The van der Waals surface area contributed by atoms with E-state index in [9.17, 15) is 13.6 Å². The second-order valence-electron chi connectivity index (χ2n) is 5.60. The number of hydrogen-bond acceptors (Lipinski definition) is 2. The summed E-state index contributed by atoms with van der Waals surface area (Å²) in [6.07, 6.45) is 6.76. The van der Waals surface area contributed by atoms with Crippen LogP contribution < -0.4 is 10.6 Å². The third-order valence-corrected chi connectivity index (χ3v) is 4.59. The van der Waals surface area contributed by atoms with Crippen molar-refractivity contribution in [2.24, 2.45) is 5.92 Å². The fraction of sp³-hybridized carbons (Fsp3) is 0.278. The third-order valence-electron chi connectivity index (χ3n) is 3.99. The average molecular weight is 387 g/mol. The molecule has 1 amide bonds. The Morgan fingerprint density at radius 2 is 2.16 bits per heavy atom. The molecule has 1 aromatic carbocycles. The maximum Gasteiger partial charge on any atom is 0.211 e. The standard InChI is InChI=1S/C18H18Cl2F2N2O/c1-2-3-4-14(19)16(21)5-11-8-23-9-13(11)12-6-17(22)15(20)7-18(12)24-10-25/h2-7,10-11,13,23H,8-9H2,1H3,(H,24,25)/b3-2-,14-4+,16-5-/t11-,13+/m0/s1. The van der Waals surface area contributed by atoms with Crippen LogP contribution in [-0.2, 0) is 4.79 Å². The lowest BCUT2D eigenvalue weighted by molar-refractivity contribution is -0.105. The molecule has 1 aliphatic rings. The largest absolute Gasteiger partial charge is 0.328 e. The molecule has 0 saturated carbocycles. The summed E-state index contributed by atoms with van der Waals surface area (Å²) < 4.78 is 28.2. The zero-order valence-electron chi connectivity index (χ0n) is 13.5. The van der Waals surface area contributed by atoms with E-state index in [1.807, 2.05) is 0 Å². The molecule has 1 aliphatic heterocycles. The fourth-order valence-electron chi connectivity index (χ4n) is 2.80. The van der Waals surface area contributed by atoms with Crippen LogP contribution in [0, 0.1) is 11.7 Å². The van der Waals surface area contributed by atoms with Gasteiger partial charge in [0.05, 0.1) is 10.1 Å². The number of carbonyl (C=O) groups excluding carboxylic acids is 1. The number of anilines is 1. The van der Waals surface area contributed by atoms with Gasteiger partial charge in [-0.2, -0.15) is 0 Å². The number of halogens is 4. The quantitative estimate of drug-likeness (QED) is 0.538. The lowest BCUT2D eigenvalue weighted by Crippen LogP contribution is -2.12. The molecule has 1 heterocycles. The monoisotopic (exact) mass is 386 g/mol. The molecule has 3 nitrogen and oxygen atoms in total. The molecule has 2 atom stereocenters. The summed E-state index contributed by atoms with van der Waals surface area (Å²) in [7, 11) is 0. The fourth-order valence-corrected chi connectivity index (χ4v) is 3.10. The van der Waals surface area contributed by atoms with E-state index in [4.69, 9.17) is 23.2 Å². The Morgan fingerprint density at radius 1 is 1.40 bits per heavy atom. The Balaban J connectivity index is 2.36. The van der Waals surface area contributed by atoms with Gasteiger partial charge in [0.25, 0.3) is 0 Å². The molecule has 1 aromatic rings. The van der Waals surface area contributed by atoms with Gasteiger partial charge in [-0.05, 0) is 36.8 Å². The van der Waals surface area contributed by atoms with Crippen molar-refractivity contribution in [1.29, 1.82) is 0 Å². The summed E-state index contributed by atoms with van der Waals surface area (Å²) in [5, 5.41) is 5.59. The number of allylic oxidation sites excluding steroid dienone is 5. The molecule has 1 fully saturated rings. The van der Waals surface area contributed by atoms with Crippen LogP contribution in [0.3, 0.4) is 0 Å². The topological polar surface area (TPSA) is 41.1 Å². The number of carbonyl (C=O) groups is 1. The molecule has 0 bridgehead atoms. The number of nitrogens with one attached hydrogen (secondary N) is 2. The molecule has 0 aromatic heterocycles. The lowest BCUT2D eigenvalue weighted by Gasteiger charge is -2.20. The van der Waals surface area contributed by atoms with Crippen molar-refractivity contribution in [1.82, 2.24) is 5.32 Å². The minimum Gasteiger partial charge on any atom is -0.328 e. The van der Waals surface area contributed by atoms with Crippen LogP contribution in [0.1, 0.15) is 18.4 Å². The molecule has 2 rings (SSSR count). The highest BCUT2D eigenvalue weighted by Crippen LogP contribution is 2.37. The first-order valence-electron chi connectivity index (χ1n) is 7.74. The van der Waals surface area contributed by atoms with Crippen molar-refractivity contribution in [2.45, 2.75) is 12.8 Å². The highest BCUT2D eigenvalue weighted by Gasteiger charge is 2.30. The van der Waals surface area contributed by atoms with Gasteiger partial charge in [-0.25, -0.2) is 8.78 Å². The van der Waals surface area contributed by atoms with Crippen molar-refractivity contribution < 1.29 is 13.6 Å². The van der Waals surface area contributed by atoms with Gasteiger partial charge in [-0.3, -0.25) is 4.79 Å². The van der Waals surface area contributed by atoms with Crippen LogP contribution in [0.15, 0.2) is 47.3 Å². The Morgan fingerprint density at radius 3 is 2.84 bits per heavy atom. The second-order valence-corrected chi connectivity index (χ2v) is 6.41. The van der Waals surface area contributed by atoms with Crippen molar-refractivity contribution in [2.75, 3.05) is 18.4 Å². The van der Waals surface area contributed by atoms with Crippen LogP contribution in [0.4, 0.5) is 14.5 Å². The number of amides is 1. The highest BCUT2D eigenvalue weighted by molar-refractivity contribution is 6.31. The van der Waals surface area contributed by atoms with E-state index in [0.717, 1.165) is 0 Å². The number of hydrogen-bond donors (Lipinski definition) is 2. The number of rotatable bonds is 6. The Bertz CT molecular complexity index is 732. The summed E-state index contributed by atoms with van der Waals surface area (Å²) in [6.45, 7) is 2.83. The molecule has 25 heavy (non-hydrogen) atoms. The second kappa shape index (κ2) is 9.13. The van der Waals surface area contributed by atoms with Gasteiger partial charge in [0.1, 0.15) is 11.6 Å². The molecular formula is C18H18Cl2F2N2O. The van der Waals surface area contributed by atoms with E-state index < -0.39 is 11.6 Å². The molecule has 134 valence electrons. The molecule has 0 radical (unpaired) electrons. The van der Waals surface area contributed by atoms with E-state index in [1.165, 1.54) is 24.3 Å². The van der Waals surface area contributed by atoms with Crippen molar-refractivity contribution >= 4 is 35.3 Å². The highest BCUT2D eigenvalue weighted by atomic mass is 35.5. The van der Waals surface area contributed by atoms with E-state index in [-0.39, 0.29) is 21.9 Å². The molecule has 0 spiro atoms. The summed E-state index contributed by atoms with van der Waals surface area (Å²) in [4.78, 5) is 10.8. The minimum absolute atomic E-state index is 0.00252.